The number of rotatable bonds is 8. The lowest BCUT2D eigenvalue weighted by atomic mass is 9.89. The van der Waals surface area contributed by atoms with E-state index in [9.17, 15) is 4.79 Å². The lowest BCUT2D eigenvalue weighted by Crippen LogP contribution is -2.46. The first-order valence-electron chi connectivity index (χ1n) is 9.55. The van der Waals surface area contributed by atoms with Crippen LogP contribution in [0.3, 0.4) is 0 Å². The van der Waals surface area contributed by atoms with Crippen LogP contribution in [0, 0.1) is 11.8 Å². The Morgan fingerprint density at radius 2 is 1.96 bits per heavy atom. The molecule has 1 heterocycles. The van der Waals surface area contributed by atoms with Gasteiger partial charge in [0.05, 0.1) is 0 Å². The molecule has 1 saturated heterocycles. The molecule has 2 atom stereocenters. The third-order valence-corrected chi connectivity index (χ3v) is 5.45. The van der Waals surface area contributed by atoms with Gasteiger partial charge in [-0.2, -0.15) is 0 Å². The van der Waals surface area contributed by atoms with Crippen molar-refractivity contribution in [3.8, 4) is 0 Å². The minimum Gasteiger partial charge on any atom is -0.396 e. The maximum atomic E-state index is 11.9. The molecule has 1 aliphatic carbocycles. The van der Waals surface area contributed by atoms with Crippen LogP contribution >= 0.6 is 0 Å². The van der Waals surface area contributed by atoms with E-state index in [2.05, 4.69) is 15.5 Å². The van der Waals surface area contributed by atoms with Crippen molar-refractivity contribution in [3.05, 3.63) is 0 Å². The van der Waals surface area contributed by atoms with E-state index in [4.69, 9.17) is 5.11 Å². The summed E-state index contributed by atoms with van der Waals surface area (Å²) in [6.07, 6.45) is 10.2. The van der Waals surface area contributed by atoms with Gasteiger partial charge in [-0.25, -0.2) is 4.79 Å². The fourth-order valence-corrected chi connectivity index (χ4v) is 3.93. The highest BCUT2D eigenvalue weighted by molar-refractivity contribution is 5.73. The maximum Gasteiger partial charge on any atom is 0.314 e. The zero-order chi connectivity index (χ0) is 16.5. The maximum absolute atomic E-state index is 11.9. The highest BCUT2D eigenvalue weighted by Crippen LogP contribution is 2.27. The van der Waals surface area contributed by atoms with Crippen molar-refractivity contribution in [1.82, 2.24) is 15.5 Å². The van der Waals surface area contributed by atoms with E-state index in [-0.39, 0.29) is 12.6 Å². The molecule has 2 rings (SSSR count). The zero-order valence-corrected chi connectivity index (χ0v) is 14.7. The molecular formula is C18H35N3O2. The van der Waals surface area contributed by atoms with Gasteiger partial charge >= 0.3 is 6.03 Å². The molecule has 0 aromatic rings. The number of urea groups is 1. The van der Waals surface area contributed by atoms with E-state index in [0.29, 0.717) is 18.5 Å². The van der Waals surface area contributed by atoms with Crippen LogP contribution < -0.4 is 10.6 Å². The van der Waals surface area contributed by atoms with E-state index >= 15 is 0 Å². The number of amides is 2. The van der Waals surface area contributed by atoms with E-state index in [1.165, 1.54) is 58.0 Å². The van der Waals surface area contributed by atoms with Gasteiger partial charge in [0.2, 0.25) is 0 Å². The van der Waals surface area contributed by atoms with Gasteiger partial charge in [-0.15, -0.1) is 0 Å². The van der Waals surface area contributed by atoms with Crippen LogP contribution in [0.1, 0.15) is 58.3 Å². The number of likely N-dealkylation sites (tertiary alicyclic amines) is 1. The van der Waals surface area contributed by atoms with Gasteiger partial charge in [0.25, 0.3) is 0 Å². The minimum atomic E-state index is -0.0701. The van der Waals surface area contributed by atoms with Crippen molar-refractivity contribution in [2.24, 2.45) is 11.8 Å². The van der Waals surface area contributed by atoms with Gasteiger partial charge in [-0.3, -0.25) is 4.90 Å². The molecule has 2 fully saturated rings. The number of hydrogen-bond donors (Lipinski definition) is 3. The summed E-state index contributed by atoms with van der Waals surface area (Å²) in [5.74, 6) is 1.19. The van der Waals surface area contributed by atoms with Crippen molar-refractivity contribution in [2.45, 2.75) is 64.3 Å². The van der Waals surface area contributed by atoms with Crippen molar-refractivity contribution in [3.63, 3.8) is 0 Å². The van der Waals surface area contributed by atoms with Crippen LogP contribution in [0.25, 0.3) is 0 Å². The second-order valence-corrected chi connectivity index (χ2v) is 7.50. The highest BCUT2D eigenvalue weighted by atomic mass is 16.3. The molecule has 2 amide bonds. The Morgan fingerprint density at radius 3 is 2.70 bits per heavy atom. The number of carbonyl (C=O) groups excluding carboxylic acids is 1. The molecule has 1 aliphatic heterocycles. The smallest absolute Gasteiger partial charge is 0.314 e. The van der Waals surface area contributed by atoms with Crippen LogP contribution in [0.5, 0.6) is 0 Å². The number of carbonyl (C=O) groups is 1. The summed E-state index contributed by atoms with van der Waals surface area (Å²) in [7, 11) is 0. The molecule has 0 spiro atoms. The Bertz CT molecular complexity index is 345. The molecule has 0 aromatic carbocycles. The minimum absolute atomic E-state index is 0.0701. The Morgan fingerprint density at radius 1 is 1.17 bits per heavy atom. The van der Waals surface area contributed by atoms with Crippen LogP contribution in [-0.2, 0) is 0 Å². The number of hydrogen-bond acceptors (Lipinski definition) is 3. The monoisotopic (exact) mass is 325 g/mol. The molecule has 1 saturated carbocycles. The standard InChI is InChI=1S/C18H35N3O2/c1-15(9-11-22)12-19-18(23)20-13-17-8-5-10-21(17)14-16-6-3-2-4-7-16/h15-17,22H,2-14H2,1H3,(H2,19,20,23). The predicted molar refractivity (Wildman–Crippen MR) is 93.4 cm³/mol. The molecule has 2 aliphatic rings. The molecule has 2 unspecified atom stereocenters. The molecule has 0 aromatic heterocycles. The fraction of sp³-hybridized carbons (Fsp3) is 0.944. The molecule has 0 bridgehead atoms. The van der Waals surface area contributed by atoms with E-state index in [1.54, 1.807) is 0 Å². The molecule has 23 heavy (non-hydrogen) atoms. The average molecular weight is 325 g/mol. The summed E-state index contributed by atoms with van der Waals surface area (Å²) in [6, 6.07) is 0.442. The molecular weight excluding hydrogens is 290 g/mol. The van der Waals surface area contributed by atoms with Crippen LogP contribution in [0.15, 0.2) is 0 Å². The summed E-state index contributed by atoms with van der Waals surface area (Å²) < 4.78 is 0. The number of aliphatic hydroxyl groups excluding tert-OH is 1. The van der Waals surface area contributed by atoms with E-state index in [1.807, 2.05) is 6.92 Å². The highest BCUT2D eigenvalue weighted by Gasteiger charge is 2.27. The van der Waals surface area contributed by atoms with Crippen molar-refractivity contribution < 1.29 is 9.90 Å². The van der Waals surface area contributed by atoms with Crippen LogP contribution in [0.4, 0.5) is 4.79 Å². The number of aliphatic hydroxyl groups is 1. The first-order valence-corrected chi connectivity index (χ1v) is 9.55. The molecule has 5 heteroatoms. The third kappa shape index (κ3) is 6.68. The second-order valence-electron chi connectivity index (χ2n) is 7.50. The second kappa shape index (κ2) is 10.1. The topological polar surface area (TPSA) is 64.6 Å². The van der Waals surface area contributed by atoms with Gasteiger partial charge in [0.15, 0.2) is 0 Å². The summed E-state index contributed by atoms with van der Waals surface area (Å²) >= 11 is 0. The molecule has 3 N–H and O–H groups in total. The Hall–Kier alpha value is -0.810. The Labute approximate surface area is 141 Å². The summed E-state index contributed by atoms with van der Waals surface area (Å²) in [4.78, 5) is 14.5. The lowest BCUT2D eigenvalue weighted by Gasteiger charge is -2.31. The van der Waals surface area contributed by atoms with Gasteiger partial charge in [0, 0.05) is 32.3 Å². The summed E-state index contributed by atoms with van der Waals surface area (Å²) in [5.41, 5.74) is 0. The largest absolute Gasteiger partial charge is 0.396 e. The Balaban J connectivity index is 1.64. The van der Waals surface area contributed by atoms with Crippen molar-refractivity contribution in [2.75, 3.05) is 32.8 Å². The van der Waals surface area contributed by atoms with Crippen molar-refractivity contribution >= 4 is 6.03 Å². The normalized spacial score (nSPS) is 24.5. The van der Waals surface area contributed by atoms with Crippen molar-refractivity contribution in [1.29, 1.82) is 0 Å². The quantitative estimate of drug-likeness (QED) is 0.642. The average Bonchev–Trinajstić information content (AvgIpc) is 2.99. The molecule has 0 radical (unpaired) electrons. The van der Waals surface area contributed by atoms with Gasteiger partial charge in [0.1, 0.15) is 0 Å². The SMILES string of the molecule is CC(CCO)CNC(=O)NCC1CCCN1CC1CCCCC1. The van der Waals surface area contributed by atoms with Gasteiger partial charge < -0.3 is 15.7 Å². The number of nitrogens with one attached hydrogen (secondary N) is 2. The molecule has 5 nitrogen and oxygen atoms in total. The Kier molecular flexibility index (Phi) is 8.17. The van der Waals surface area contributed by atoms with E-state index in [0.717, 1.165) is 18.9 Å². The fourth-order valence-electron chi connectivity index (χ4n) is 3.93. The predicted octanol–water partition coefficient (Wildman–Crippen LogP) is 2.35. The first-order chi connectivity index (χ1) is 11.2. The number of nitrogens with zero attached hydrogens (tertiary/aromatic N) is 1. The van der Waals surface area contributed by atoms with Crippen LogP contribution in [0.2, 0.25) is 0 Å². The van der Waals surface area contributed by atoms with E-state index < -0.39 is 0 Å². The van der Waals surface area contributed by atoms with Gasteiger partial charge in [-0.05, 0) is 50.5 Å². The van der Waals surface area contributed by atoms with Crippen LogP contribution in [-0.4, -0.2) is 54.9 Å². The first kappa shape index (κ1) is 18.5. The molecule has 134 valence electrons. The summed E-state index contributed by atoms with van der Waals surface area (Å²) in [5, 5.41) is 14.8. The summed E-state index contributed by atoms with van der Waals surface area (Å²) in [6.45, 7) is 6.03. The third-order valence-electron chi connectivity index (χ3n) is 5.45. The lowest BCUT2D eigenvalue weighted by molar-refractivity contribution is 0.183. The van der Waals surface area contributed by atoms with Gasteiger partial charge in [-0.1, -0.05) is 26.2 Å². The zero-order valence-electron chi connectivity index (χ0n) is 14.7.